The first-order valence-corrected chi connectivity index (χ1v) is 4.15. The summed E-state index contributed by atoms with van der Waals surface area (Å²) in [6, 6.07) is 0. The molecule has 4 nitrogen and oxygen atoms in total. The predicted octanol–water partition coefficient (Wildman–Crippen LogP) is 0.129. The molecule has 74 valence electrons. The van der Waals surface area contributed by atoms with Crippen molar-refractivity contribution in [1.29, 1.82) is 0 Å². The van der Waals surface area contributed by atoms with E-state index in [9.17, 15) is 5.11 Å². The molecular weight excluding hydrogens is 160 g/mol. The molecule has 0 radical (unpaired) electrons. The minimum atomic E-state index is -0.521. The number of ether oxygens (including phenoxy) is 2. The highest BCUT2D eigenvalue weighted by Gasteiger charge is 2.17. The van der Waals surface area contributed by atoms with Gasteiger partial charge in [-0.25, -0.2) is 0 Å². The highest BCUT2D eigenvalue weighted by molar-refractivity contribution is 4.66. The normalized spacial score (nSPS) is 16.0. The monoisotopic (exact) mass is 178 g/mol. The molecule has 0 saturated carbocycles. The molecule has 0 aromatic rings. The third-order valence-corrected chi connectivity index (χ3v) is 1.66. The van der Waals surface area contributed by atoms with Crippen molar-refractivity contribution in [3.05, 3.63) is 0 Å². The first-order chi connectivity index (χ1) is 5.76. The third kappa shape index (κ3) is 4.66. The molecule has 0 unspecified atom stereocenters. The van der Waals surface area contributed by atoms with Crippen molar-refractivity contribution in [2.75, 3.05) is 20.5 Å². The Bertz CT molecular complexity index is 97.1. The van der Waals surface area contributed by atoms with E-state index in [2.05, 4.69) is 0 Å². The summed E-state index contributed by atoms with van der Waals surface area (Å²) in [6.07, 6.45) is 0.222. The lowest BCUT2D eigenvalue weighted by atomic mass is 10.1. The van der Waals surface area contributed by atoms with Crippen molar-refractivity contribution in [3.63, 3.8) is 0 Å². The zero-order valence-corrected chi connectivity index (χ0v) is 7.69. The van der Waals surface area contributed by atoms with Gasteiger partial charge in [-0.15, -0.1) is 0 Å². The molecule has 0 fully saturated rings. The second kappa shape index (κ2) is 7.49. The van der Waals surface area contributed by atoms with Gasteiger partial charge in [-0.2, -0.15) is 0 Å². The molecule has 0 heterocycles. The van der Waals surface area contributed by atoms with E-state index in [1.54, 1.807) is 0 Å². The van der Waals surface area contributed by atoms with Crippen LogP contribution in [0.3, 0.4) is 0 Å². The highest BCUT2D eigenvalue weighted by atomic mass is 16.7. The SMILES string of the molecule is CC[C@H](O)[C@@H](CCO)OCOC. The van der Waals surface area contributed by atoms with Crippen LogP contribution in [0.25, 0.3) is 0 Å². The number of hydrogen-bond acceptors (Lipinski definition) is 4. The van der Waals surface area contributed by atoms with Gasteiger partial charge in [0, 0.05) is 13.7 Å². The standard InChI is InChI=1S/C8H18O4/c1-3-7(10)8(4-5-9)12-6-11-2/h7-10H,3-6H2,1-2H3/t7-,8+/m0/s1. The first-order valence-electron chi connectivity index (χ1n) is 4.15. The number of methoxy groups -OCH3 is 1. The summed E-state index contributed by atoms with van der Waals surface area (Å²) in [7, 11) is 1.52. The van der Waals surface area contributed by atoms with E-state index in [0.717, 1.165) is 0 Å². The van der Waals surface area contributed by atoms with Gasteiger partial charge in [-0.05, 0) is 12.8 Å². The van der Waals surface area contributed by atoms with Crippen molar-refractivity contribution in [1.82, 2.24) is 0 Å². The van der Waals surface area contributed by atoms with Gasteiger partial charge in [-0.3, -0.25) is 0 Å². The van der Waals surface area contributed by atoms with Crippen LogP contribution in [0.15, 0.2) is 0 Å². The Morgan fingerprint density at radius 2 is 2.08 bits per heavy atom. The second-order valence-corrected chi connectivity index (χ2v) is 2.60. The van der Waals surface area contributed by atoms with Gasteiger partial charge >= 0.3 is 0 Å². The largest absolute Gasteiger partial charge is 0.396 e. The number of rotatable bonds is 7. The molecule has 0 amide bonds. The summed E-state index contributed by atoms with van der Waals surface area (Å²) in [5, 5.41) is 18.0. The summed E-state index contributed by atoms with van der Waals surface area (Å²) in [5.74, 6) is 0. The topological polar surface area (TPSA) is 58.9 Å². The van der Waals surface area contributed by atoms with Crippen LogP contribution in [0, 0.1) is 0 Å². The van der Waals surface area contributed by atoms with Crippen LogP contribution in [-0.4, -0.2) is 42.9 Å². The lowest BCUT2D eigenvalue weighted by Crippen LogP contribution is -2.30. The third-order valence-electron chi connectivity index (χ3n) is 1.66. The van der Waals surface area contributed by atoms with E-state index in [-0.39, 0.29) is 19.5 Å². The fraction of sp³-hybridized carbons (Fsp3) is 1.00. The van der Waals surface area contributed by atoms with Crippen molar-refractivity contribution < 1.29 is 19.7 Å². The van der Waals surface area contributed by atoms with Crippen LogP contribution in [0.4, 0.5) is 0 Å². The van der Waals surface area contributed by atoms with Gasteiger partial charge in [0.1, 0.15) is 6.79 Å². The molecule has 0 rings (SSSR count). The zero-order valence-electron chi connectivity index (χ0n) is 7.69. The minimum absolute atomic E-state index is 0.0193. The molecule has 12 heavy (non-hydrogen) atoms. The highest BCUT2D eigenvalue weighted by Crippen LogP contribution is 2.07. The number of hydrogen-bond donors (Lipinski definition) is 2. The van der Waals surface area contributed by atoms with Gasteiger partial charge in [0.25, 0.3) is 0 Å². The van der Waals surface area contributed by atoms with Gasteiger partial charge < -0.3 is 19.7 Å². The summed E-state index contributed by atoms with van der Waals surface area (Å²) >= 11 is 0. The van der Waals surface area contributed by atoms with E-state index >= 15 is 0 Å². The van der Waals surface area contributed by atoms with Crippen LogP contribution in [0.2, 0.25) is 0 Å². The molecule has 0 saturated heterocycles. The van der Waals surface area contributed by atoms with Crippen LogP contribution in [0.5, 0.6) is 0 Å². The maximum Gasteiger partial charge on any atom is 0.146 e. The fourth-order valence-corrected chi connectivity index (χ4v) is 0.932. The Balaban J connectivity index is 3.68. The summed E-state index contributed by atoms with van der Waals surface area (Å²) in [5.41, 5.74) is 0. The quantitative estimate of drug-likeness (QED) is 0.544. The number of aliphatic hydroxyl groups is 2. The average molecular weight is 178 g/mol. The van der Waals surface area contributed by atoms with Gasteiger partial charge in [0.15, 0.2) is 0 Å². The molecule has 0 aliphatic carbocycles. The Hall–Kier alpha value is -0.160. The Morgan fingerprint density at radius 3 is 2.50 bits per heavy atom. The molecule has 0 aromatic heterocycles. The average Bonchev–Trinajstić information content (AvgIpc) is 2.11. The van der Waals surface area contributed by atoms with Gasteiger partial charge in [-0.1, -0.05) is 6.92 Å². The van der Waals surface area contributed by atoms with E-state index in [1.807, 2.05) is 6.92 Å². The molecule has 2 N–H and O–H groups in total. The molecule has 0 aliphatic heterocycles. The van der Waals surface area contributed by atoms with E-state index in [0.29, 0.717) is 12.8 Å². The van der Waals surface area contributed by atoms with Crippen molar-refractivity contribution >= 4 is 0 Å². The van der Waals surface area contributed by atoms with Crippen molar-refractivity contribution in [2.45, 2.75) is 32.0 Å². The molecule has 0 aliphatic rings. The van der Waals surface area contributed by atoms with Crippen LogP contribution < -0.4 is 0 Å². The first kappa shape index (κ1) is 11.8. The van der Waals surface area contributed by atoms with Gasteiger partial charge in [0.05, 0.1) is 12.2 Å². The van der Waals surface area contributed by atoms with E-state index in [4.69, 9.17) is 14.6 Å². The molecule has 4 heteroatoms. The Labute approximate surface area is 73.1 Å². The van der Waals surface area contributed by atoms with Crippen LogP contribution in [0.1, 0.15) is 19.8 Å². The minimum Gasteiger partial charge on any atom is -0.396 e. The van der Waals surface area contributed by atoms with E-state index < -0.39 is 6.10 Å². The molecule has 0 aromatic carbocycles. The maximum atomic E-state index is 9.38. The van der Waals surface area contributed by atoms with Gasteiger partial charge in [0.2, 0.25) is 0 Å². The molecular formula is C8H18O4. The van der Waals surface area contributed by atoms with Crippen molar-refractivity contribution in [2.24, 2.45) is 0 Å². The maximum absolute atomic E-state index is 9.38. The Kier molecular flexibility index (Phi) is 7.39. The zero-order chi connectivity index (χ0) is 9.40. The molecule has 2 atom stereocenters. The summed E-state index contributed by atoms with van der Waals surface area (Å²) in [6.45, 7) is 2.04. The smallest absolute Gasteiger partial charge is 0.146 e. The predicted molar refractivity (Wildman–Crippen MR) is 44.7 cm³/mol. The molecule has 0 spiro atoms. The number of aliphatic hydroxyl groups excluding tert-OH is 2. The fourth-order valence-electron chi connectivity index (χ4n) is 0.932. The van der Waals surface area contributed by atoms with Crippen LogP contribution >= 0.6 is 0 Å². The summed E-state index contributed by atoms with van der Waals surface area (Å²) < 4.78 is 9.85. The summed E-state index contributed by atoms with van der Waals surface area (Å²) in [4.78, 5) is 0. The lowest BCUT2D eigenvalue weighted by molar-refractivity contribution is -0.118. The lowest BCUT2D eigenvalue weighted by Gasteiger charge is -2.20. The molecule has 0 bridgehead atoms. The van der Waals surface area contributed by atoms with Crippen molar-refractivity contribution in [3.8, 4) is 0 Å². The van der Waals surface area contributed by atoms with Crippen LogP contribution in [-0.2, 0) is 9.47 Å². The van der Waals surface area contributed by atoms with E-state index in [1.165, 1.54) is 7.11 Å². The second-order valence-electron chi connectivity index (χ2n) is 2.60. The Morgan fingerprint density at radius 1 is 1.42 bits per heavy atom.